The minimum absolute atomic E-state index is 0.0499. The average Bonchev–Trinajstić information content (AvgIpc) is 2.56. The van der Waals surface area contributed by atoms with Gasteiger partial charge in [-0.1, -0.05) is 39.7 Å². The summed E-state index contributed by atoms with van der Waals surface area (Å²) in [7, 11) is 0. The van der Waals surface area contributed by atoms with Gasteiger partial charge < -0.3 is 5.32 Å². The molecular formula is C18H17BrClN3O2. The molecule has 2 rings (SSSR count). The molecule has 0 aliphatic rings. The first-order valence-corrected chi connectivity index (χ1v) is 8.74. The molecular weight excluding hydrogens is 406 g/mol. The van der Waals surface area contributed by atoms with E-state index >= 15 is 0 Å². The molecule has 2 aromatic carbocycles. The zero-order chi connectivity index (χ0) is 18.2. The predicted octanol–water partition coefficient (Wildman–Crippen LogP) is 4.28. The number of amides is 2. The number of carbonyl (C=O) groups is 2. The molecule has 0 aliphatic carbocycles. The fourth-order valence-corrected chi connectivity index (χ4v) is 2.67. The maximum Gasteiger partial charge on any atom is 0.240 e. The number of rotatable bonds is 6. The van der Waals surface area contributed by atoms with Crippen molar-refractivity contribution >= 4 is 51.2 Å². The highest BCUT2D eigenvalue weighted by atomic mass is 79.9. The van der Waals surface area contributed by atoms with Crippen molar-refractivity contribution in [1.29, 1.82) is 0 Å². The number of aryl methyl sites for hydroxylation is 1. The molecule has 130 valence electrons. The Morgan fingerprint density at radius 1 is 1.16 bits per heavy atom. The van der Waals surface area contributed by atoms with Gasteiger partial charge in [0.25, 0.3) is 0 Å². The van der Waals surface area contributed by atoms with Crippen molar-refractivity contribution < 1.29 is 9.59 Å². The van der Waals surface area contributed by atoms with Crippen molar-refractivity contribution in [2.24, 2.45) is 5.10 Å². The van der Waals surface area contributed by atoms with Crippen LogP contribution < -0.4 is 10.7 Å². The van der Waals surface area contributed by atoms with Gasteiger partial charge in [0.2, 0.25) is 11.8 Å². The number of nitrogens with one attached hydrogen (secondary N) is 2. The zero-order valence-corrected chi connectivity index (χ0v) is 15.9. The van der Waals surface area contributed by atoms with Gasteiger partial charge in [-0.05, 0) is 48.4 Å². The van der Waals surface area contributed by atoms with Crippen molar-refractivity contribution in [2.75, 3.05) is 5.32 Å². The number of nitrogens with zero attached hydrogens (tertiary/aromatic N) is 1. The molecule has 25 heavy (non-hydrogen) atoms. The Kier molecular flexibility index (Phi) is 7.16. The highest BCUT2D eigenvalue weighted by molar-refractivity contribution is 9.10. The SMILES string of the molecule is Cc1cc(Cl)ccc1NC(=O)CCC(=O)N/N=C\c1cccc(Br)c1. The lowest BCUT2D eigenvalue weighted by atomic mass is 10.2. The fraction of sp³-hybridized carbons (Fsp3) is 0.167. The van der Waals surface area contributed by atoms with Crippen LogP contribution in [0.5, 0.6) is 0 Å². The van der Waals surface area contributed by atoms with Crippen LogP contribution in [0.15, 0.2) is 52.0 Å². The molecule has 0 atom stereocenters. The van der Waals surface area contributed by atoms with Crippen LogP contribution in [-0.2, 0) is 9.59 Å². The van der Waals surface area contributed by atoms with E-state index in [2.05, 4.69) is 31.8 Å². The van der Waals surface area contributed by atoms with Gasteiger partial charge in [0.05, 0.1) is 6.21 Å². The Bertz CT molecular complexity index is 809. The Morgan fingerprint density at radius 2 is 1.92 bits per heavy atom. The minimum Gasteiger partial charge on any atom is -0.326 e. The molecule has 2 amide bonds. The third-order valence-corrected chi connectivity index (χ3v) is 4.02. The third-order valence-electron chi connectivity index (χ3n) is 3.29. The molecule has 2 aromatic rings. The van der Waals surface area contributed by atoms with Crippen LogP contribution in [-0.4, -0.2) is 18.0 Å². The largest absolute Gasteiger partial charge is 0.326 e. The van der Waals surface area contributed by atoms with Crippen molar-refractivity contribution in [1.82, 2.24) is 5.43 Å². The molecule has 0 aromatic heterocycles. The van der Waals surface area contributed by atoms with Gasteiger partial charge in [0.1, 0.15) is 0 Å². The van der Waals surface area contributed by atoms with E-state index < -0.39 is 0 Å². The number of hydrogen-bond acceptors (Lipinski definition) is 3. The molecule has 0 spiro atoms. The molecule has 0 saturated carbocycles. The third kappa shape index (κ3) is 6.68. The van der Waals surface area contributed by atoms with E-state index in [4.69, 9.17) is 11.6 Å². The molecule has 0 fully saturated rings. The van der Waals surface area contributed by atoms with Crippen LogP contribution in [0.25, 0.3) is 0 Å². The van der Waals surface area contributed by atoms with Gasteiger partial charge in [-0.3, -0.25) is 9.59 Å². The normalized spacial score (nSPS) is 10.7. The van der Waals surface area contributed by atoms with E-state index in [0.717, 1.165) is 15.6 Å². The van der Waals surface area contributed by atoms with Crippen molar-refractivity contribution in [3.8, 4) is 0 Å². The van der Waals surface area contributed by atoms with Crippen molar-refractivity contribution in [3.05, 3.63) is 63.1 Å². The first-order chi connectivity index (χ1) is 11.9. The Hall–Kier alpha value is -2.18. The minimum atomic E-state index is -0.325. The lowest BCUT2D eigenvalue weighted by Gasteiger charge is -2.08. The summed E-state index contributed by atoms with van der Waals surface area (Å²) in [6.07, 6.45) is 1.66. The summed E-state index contributed by atoms with van der Waals surface area (Å²) < 4.78 is 0.928. The monoisotopic (exact) mass is 421 g/mol. The smallest absolute Gasteiger partial charge is 0.240 e. The van der Waals surface area contributed by atoms with E-state index in [9.17, 15) is 9.59 Å². The summed E-state index contributed by atoms with van der Waals surface area (Å²) in [5, 5.41) is 7.25. The maximum absolute atomic E-state index is 11.9. The second-order valence-corrected chi connectivity index (χ2v) is 6.71. The molecule has 0 unspecified atom stereocenters. The van der Waals surface area contributed by atoms with Crippen LogP contribution in [0.2, 0.25) is 5.02 Å². The van der Waals surface area contributed by atoms with E-state index in [0.29, 0.717) is 10.7 Å². The lowest BCUT2D eigenvalue weighted by Crippen LogP contribution is -2.20. The Labute approximate surface area is 159 Å². The van der Waals surface area contributed by atoms with Crippen molar-refractivity contribution in [2.45, 2.75) is 19.8 Å². The van der Waals surface area contributed by atoms with Gasteiger partial charge in [-0.25, -0.2) is 5.43 Å². The number of hydrazone groups is 1. The van der Waals surface area contributed by atoms with Gasteiger partial charge in [-0.15, -0.1) is 0 Å². The molecule has 0 heterocycles. The molecule has 5 nitrogen and oxygen atoms in total. The predicted molar refractivity (Wildman–Crippen MR) is 104 cm³/mol. The molecule has 0 radical (unpaired) electrons. The van der Waals surface area contributed by atoms with Gasteiger partial charge in [0, 0.05) is 28.0 Å². The first kappa shape index (κ1) is 19.1. The molecule has 2 N–H and O–H groups in total. The average molecular weight is 423 g/mol. The van der Waals surface area contributed by atoms with Crippen LogP contribution >= 0.6 is 27.5 Å². The van der Waals surface area contributed by atoms with E-state index in [1.165, 1.54) is 0 Å². The number of halogens is 2. The highest BCUT2D eigenvalue weighted by Gasteiger charge is 2.08. The van der Waals surface area contributed by atoms with Crippen LogP contribution in [0.4, 0.5) is 5.69 Å². The summed E-state index contributed by atoms with van der Waals surface area (Å²) in [5.74, 6) is -0.564. The second kappa shape index (κ2) is 9.34. The topological polar surface area (TPSA) is 70.6 Å². The highest BCUT2D eigenvalue weighted by Crippen LogP contribution is 2.19. The van der Waals surface area contributed by atoms with Gasteiger partial charge in [0.15, 0.2) is 0 Å². The maximum atomic E-state index is 11.9. The summed E-state index contributed by atoms with van der Waals surface area (Å²) >= 11 is 9.24. The lowest BCUT2D eigenvalue weighted by molar-refractivity contribution is -0.124. The van der Waals surface area contributed by atoms with Crippen LogP contribution in [0.3, 0.4) is 0 Å². The standard InChI is InChI=1S/C18H17BrClN3O2/c1-12-9-15(20)5-6-16(12)22-17(24)7-8-18(25)23-21-11-13-3-2-4-14(19)10-13/h2-6,9-11H,7-8H2,1H3,(H,22,24)(H,23,25)/b21-11-. The van der Waals surface area contributed by atoms with E-state index in [-0.39, 0.29) is 24.7 Å². The number of benzene rings is 2. The number of anilines is 1. The molecule has 0 saturated heterocycles. The molecule has 0 bridgehead atoms. The fourth-order valence-electron chi connectivity index (χ4n) is 2.03. The summed E-state index contributed by atoms with van der Waals surface area (Å²) in [6, 6.07) is 12.7. The van der Waals surface area contributed by atoms with Gasteiger partial charge >= 0.3 is 0 Å². The second-order valence-electron chi connectivity index (χ2n) is 5.36. The number of carbonyl (C=O) groups excluding carboxylic acids is 2. The summed E-state index contributed by atoms with van der Waals surface area (Å²) in [5.41, 5.74) is 4.81. The number of hydrogen-bond donors (Lipinski definition) is 2. The van der Waals surface area contributed by atoms with E-state index in [1.54, 1.807) is 24.4 Å². The summed E-state index contributed by atoms with van der Waals surface area (Å²) in [6.45, 7) is 1.85. The van der Waals surface area contributed by atoms with E-state index in [1.807, 2.05) is 31.2 Å². The van der Waals surface area contributed by atoms with Crippen LogP contribution in [0, 0.1) is 6.92 Å². The zero-order valence-electron chi connectivity index (χ0n) is 13.6. The quantitative estimate of drug-likeness (QED) is 0.539. The molecule has 7 heteroatoms. The summed E-state index contributed by atoms with van der Waals surface area (Å²) in [4.78, 5) is 23.7. The first-order valence-electron chi connectivity index (χ1n) is 7.57. The Morgan fingerprint density at radius 3 is 2.64 bits per heavy atom. The molecule has 0 aliphatic heterocycles. The van der Waals surface area contributed by atoms with Crippen LogP contribution in [0.1, 0.15) is 24.0 Å². The van der Waals surface area contributed by atoms with Gasteiger partial charge in [-0.2, -0.15) is 5.10 Å². The Balaban J connectivity index is 1.76. The van der Waals surface area contributed by atoms with Crippen molar-refractivity contribution in [3.63, 3.8) is 0 Å².